The van der Waals surface area contributed by atoms with Crippen LogP contribution >= 0.6 is 27.3 Å². The highest BCUT2D eigenvalue weighted by Gasteiger charge is 2.47. The molecule has 3 unspecified atom stereocenters. The molecule has 1 aliphatic heterocycles. The number of allylic oxidation sites excluding steroid dienone is 2. The van der Waals surface area contributed by atoms with Crippen molar-refractivity contribution in [2.24, 2.45) is 5.92 Å². The summed E-state index contributed by atoms with van der Waals surface area (Å²) in [5.41, 5.74) is 2.00. The molecule has 33 heavy (non-hydrogen) atoms. The molecule has 7 heteroatoms. The van der Waals surface area contributed by atoms with Gasteiger partial charge in [-0.1, -0.05) is 28.6 Å². The normalized spacial score (nSPS) is 25.7. The van der Waals surface area contributed by atoms with Gasteiger partial charge >= 0.3 is 5.97 Å². The predicted octanol–water partition coefficient (Wildman–Crippen LogP) is 6.35. The molecule has 3 atom stereocenters. The van der Waals surface area contributed by atoms with Crippen molar-refractivity contribution in [1.29, 1.82) is 0 Å². The summed E-state index contributed by atoms with van der Waals surface area (Å²) in [7, 11) is 0. The molecule has 0 spiro atoms. The van der Waals surface area contributed by atoms with E-state index in [0.717, 1.165) is 36.3 Å². The van der Waals surface area contributed by atoms with Gasteiger partial charge in [-0.25, -0.2) is 4.39 Å². The molecule has 1 aromatic carbocycles. The van der Waals surface area contributed by atoms with Crippen LogP contribution in [0.4, 0.5) is 4.39 Å². The Labute approximate surface area is 205 Å². The van der Waals surface area contributed by atoms with Gasteiger partial charge in [-0.3, -0.25) is 9.59 Å². The highest BCUT2D eigenvalue weighted by atomic mass is 79.9. The number of rotatable bonds is 4. The summed E-state index contributed by atoms with van der Waals surface area (Å²) in [6, 6.07) is 8.67. The fraction of sp³-hybridized carbons (Fsp3) is 0.385. The summed E-state index contributed by atoms with van der Waals surface area (Å²) in [6.07, 6.45) is 4.57. The molecule has 0 saturated heterocycles. The van der Waals surface area contributed by atoms with Crippen LogP contribution in [-0.4, -0.2) is 17.9 Å². The van der Waals surface area contributed by atoms with Gasteiger partial charge in [0.05, 0.1) is 0 Å². The Morgan fingerprint density at radius 3 is 2.73 bits per heavy atom. The van der Waals surface area contributed by atoms with Gasteiger partial charge in [0, 0.05) is 44.6 Å². The molecule has 1 fully saturated rings. The fourth-order valence-corrected chi connectivity index (χ4v) is 6.59. The van der Waals surface area contributed by atoms with E-state index in [9.17, 15) is 9.59 Å². The molecular weight excluding hydrogens is 505 g/mol. The zero-order valence-corrected chi connectivity index (χ0v) is 20.5. The Bertz CT molecular complexity index is 1140. The zero-order chi connectivity index (χ0) is 23.1. The van der Waals surface area contributed by atoms with Crippen LogP contribution in [0.3, 0.4) is 0 Å². The number of hydrogen-bond donors (Lipinski definition) is 1. The number of ketones is 1. The smallest absolute Gasteiger partial charge is 0.316 e. The lowest BCUT2D eigenvalue weighted by molar-refractivity contribution is -0.153. The van der Waals surface area contributed by atoms with Crippen LogP contribution in [0.5, 0.6) is 0 Å². The molecule has 1 saturated carbocycles. The van der Waals surface area contributed by atoms with Gasteiger partial charge in [0.15, 0.2) is 5.78 Å². The zero-order valence-electron chi connectivity index (χ0n) is 18.1. The highest BCUT2D eigenvalue weighted by molar-refractivity contribution is 9.10. The van der Waals surface area contributed by atoms with Crippen molar-refractivity contribution >= 4 is 39.0 Å². The summed E-state index contributed by atoms with van der Waals surface area (Å²) in [5.74, 6) is -2.52. The number of carbonyl (C=O) groups is 2. The number of benzene rings is 1. The molecule has 0 amide bonds. The molecule has 0 radical (unpaired) electrons. The summed E-state index contributed by atoms with van der Waals surface area (Å²) in [6.45, 7) is 4.13. The molecular formula is C26H25BrFNO3S. The van der Waals surface area contributed by atoms with Crippen LogP contribution in [0.25, 0.3) is 0 Å². The lowest BCUT2D eigenvalue weighted by atomic mass is 9.69. The Balaban J connectivity index is 1.58. The van der Waals surface area contributed by atoms with Gasteiger partial charge in [0.1, 0.15) is 17.8 Å². The van der Waals surface area contributed by atoms with E-state index >= 15 is 4.39 Å². The van der Waals surface area contributed by atoms with Crippen molar-refractivity contribution in [1.82, 2.24) is 5.32 Å². The van der Waals surface area contributed by atoms with E-state index in [-0.39, 0.29) is 17.8 Å². The van der Waals surface area contributed by atoms with Crippen molar-refractivity contribution in [2.45, 2.75) is 56.5 Å². The summed E-state index contributed by atoms with van der Waals surface area (Å²) in [4.78, 5) is 28.1. The number of Topliss-reactive ketones (excluding diaryl/α,β-unsaturated/α-hetero) is 1. The van der Waals surface area contributed by atoms with Gasteiger partial charge < -0.3 is 10.1 Å². The van der Waals surface area contributed by atoms with Crippen LogP contribution in [0, 0.1) is 11.7 Å². The first-order chi connectivity index (χ1) is 15.9. The van der Waals surface area contributed by atoms with Crippen LogP contribution in [0.15, 0.2) is 63.7 Å². The Morgan fingerprint density at radius 2 is 2.00 bits per heavy atom. The first-order valence-electron chi connectivity index (χ1n) is 11.3. The fourth-order valence-electron chi connectivity index (χ4n) is 5.38. The molecule has 2 aliphatic carbocycles. The second kappa shape index (κ2) is 9.18. The summed E-state index contributed by atoms with van der Waals surface area (Å²) >= 11 is 5.06. The number of ether oxygens (including phenoxy) is 1. The third-order valence-corrected chi connectivity index (χ3v) is 8.44. The Hall–Kier alpha value is -2.25. The number of hydrogen-bond acceptors (Lipinski definition) is 5. The average molecular weight is 530 g/mol. The van der Waals surface area contributed by atoms with Gasteiger partial charge in [0.2, 0.25) is 0 Å². The molecule has 5 rings (SSSR count). The predicted molar refractivity (Wildman–Crippen MR) is 129 cm³/mol. The number of esters is 1. The van der Waals surface area contributed by atoms with Gasteiger partial charge in [-0.15, -0.1) is 11.3 Å². The first-order valence-corrected chi connectivity index (χ1v) is 13.0. The first kappa shape index (κ1) is 22.5. The quantitative estimate of drug-likeness (QED) is 0.468. The van der Waals surface area contributed by atoms with Crippen molar-refractivity contribution in [3.05, 3.63) is 80.0 Å². The minimum absolute atomic E-state index is 0.0577. The Morgan fingerprint density at radius 1 is 1.21 bits per heavy atom. The van der Waals surface area contributed by atoms with Crippen molar-refractivity contribution in [2.75, 3.05) is 0 Å². The number of nitrogens with one attached hydrogen (secondary N) is 1. The molecule has 2 aromatic rings. The average Bonchev–Trinajstić information content (AvgIpc) is 3.48. The second-order valence-corrected chi connectivity index (χ2v) is 10.9. The van der Waals surface area contributed by atoms with E-state index in [2.05, 4.69) is 27.8 Å². The monoisotopic (exact) mass is 529 g/mol. The third-order valence-electron chi connectivity index (χ3n) is 6.92. The van der Waals surface area contributed by atoms with Crippen molar-refractivity contribution < 1.29 is 18.7 Å². The second-order valence-electron chi connectivity index (χ2n) is 9.05. The van der Waals surface area contributed by atoms with Crippen LogP contribution in [0.2, 0.25) is 0 Å². The maximum Gasteiger partial charge on any atom is 0.316 e. The maximum absolute atomic E-state index is 15.2. The molecule has 2 heterocycles. The topological polar surface area (TPSA) is 55.4 Å². The van der Waals surface area contributed by atoms with Crippen LogP contribution in [-0.2, 0) is 14.3 Å². The van der Waals surface area contributed by atoms with Crippen LogP contribution < -0.4 is 5.32 Å². The van der Waals surface area contributed by atoms with E-state index in [1.54, 1.807) is 23.5 Å². The maximum atomic E-state index is 15.2. The molecule has 0 bridgehead atoms. The standard InChI is InChI=1S/C26H25BrFNO3S/c1-14-23(26(31)32-17-5-2-3-6-17)24(18-13-16(27)8-9-19(18)28)25-20(29-14)11-15(12-21(25)30)22-7-4-10-33-22/h4,7-10,13,15,17,23-24,29H,1-3,5-6,11-12H2. The summed E-state index contributed by atoms with van der Waals surface area (Å²) in [5, 5.41) is 5.27. The van der Waals surface area contributed by atoms with Crippen molar-refractivity contribution in [3.8, 4) is 0 Å². The van der Waals surface area contributed by atoms with E-state index in [0.29, 0.717) is 34.1 Å². The van der Waals surface area contributed by atoms with E-state index in [1.807, 2.05) is 17.5 Å². The molecule has 4 nitrogen and oxygen atoms in total. The molecule has 1 aromatic heterocycles. The van der Waals surface area contributed by atoms with Gasteiger partial charge in [-0.05, 0) is 67.3 Å². The molecule has 172 valence electrons. The van der Waals surface area contributed by atoms with Gasteiger partial charge in [0.25, 0.3) is 0 Å². The third kappa shape index (κ3) is 4.33. The molecule has 3 aliphatic rings. The SMILES string of the molecule is C=C1NC2=C(C(=O)CC(c3cccs3)C2)C(c2cc(Br)ccc2F)C1C(=O)OC1CCCC1. The van der Waals surface area contributed by atoms with E-state index in [1.165, 1.54) is 6.07 Å². The lowest BCUT2D eigenvalue weighted by Crippen LogP contribution is -2.43. The minimum Gasteiger partial charge on any atom is -0.462 e. The van der Waals surface area contributed by atoms with E-state index in [4.69, 9.17) is 4.74 Å². The van der Waals surface area contributed by atoms with Gasteiger partial charge in [-0.2, -0.15) is 0 Å². The Kier molecular flexibility index (Phi) is 6.27. The number of halogens is 2. The highest BCUT2D eigenvalue weighted by Crippen LogP contribution is 2.48. The van der Waals surface area contributed by atoms with E-state index < -0.39 is 23.6 Å². The number of carbonyl (C=O) groups excluding carboxylic acids is 2. The van der Waals surface area contributed by atoms with Crippen LogP contribution in [0.1, 0.15) is 60.8 Å². The minimum atomic E-state index is -0.865. The van der Waals surface area contributed by atoms with Crippen molar-refractivity contribution in [3.63, 3.8) is 0 Å². The lowest BCUT2D eigenvalue weighted by Gasteiger charge is -2.40. The molecule has 1 N–H and O–H groups in total. The number of thiophene rings is 1. The summed E-state index contributed by atoms with van der Waals surface area (Å²) < 4.78 is 21.7. The largest absolute Gasteiger partial charge is 0.462 e.